The number of carbonyl (C=O) groups excluding carboxylic acids is 1. The number of amides is 1. The first kappa shape index (κ1) is 15.0. The fraction of sp³-hybridized carbons (Fsp3) is 0.133. The lowest BCUT2D eigenvalue weighted by Crippen LogP contribution is -2.05. The summed E-state index contributed by atoms with van der Waals surface area (Å²) in [6.07, 6.45) is 3.30. The molecule has 116 valence electrons. The fourth-order valence-electron chi connectivity index (χ4n) is 1.90. The van der Waals surface area contributed by atoms with Crippen molar-refractivity contribution in [2.24, 2.45) is 0 Å². The number of carbonyl (C=O) groups is 1. The molecule has 0 saturated carbocycles. The van der Waals surface area contributed by atoms with Crippen molar-refractivity contribution in [1.29, 1.82) is 0 Å². The van der Waals surface area contributed by atoms with E-state index < -0.39 is 0 Å². The average molecular weight is 326 g/mol. The smallest absolute Gasteiger partial charge is 0.221 e. The summed E-state index contributed by atoms with van der Waals surface area (Å²) in [5.41, 5.74) is 2.31. The Bertz CT molecular complexity index is 830. The van der Waals surface area contributed by atoms with Gasteiger partial charge in [-0.3, -0.25) is 9.78 Å². The SMILES string of the molecule is CC(=O)Nc1ccc(-c2nsc(Nc3ncccc3C)n2)nc1. The highest BCUT2D eigenvalue weighted by Crippen LogP contribution is 2.23. The molecule has 0 aliphatic rings. The molecule has 0 aromatic carbocycles. The highest BCUT2D eigenvalue weighted by atomic mass is 32.1. The quantitative estimate of drug-likeness (QED) is 0.765. The molecule has 0 aliphatic carbocycles. The van der Waals surface area contributed by atoms with Crippen LogP contribution in [-0.2, 0) is 4.79 Å². The Hall–Kier alpha value is -2.87. The van der Waals surface area contributed by atoms with E-state index in [9.17, 15) is 4.79 Å². The van der Waals surface area contributed by atoms with Gasteiger partial charge in [0.1, 0.15) is 11.5 Å². The lowest BCUT2D eigenvalue weighted by Gasteiger charge is -2.03. The Labute approximate surface area is 137 Å². The third kappa shape index (κ3) is 3.67. The van der Waals surface area contributed by atoms with Gasteiger partial charge in [0, 0.05) is 24.7 Å². The molecule has 0 aliphatic heterocycles. The second kappa shape index (κ2) is 6.49. The molecule has 3 heterocycles. The van der Waals surface area contributed by atoms with E-state index in [-0.39, 0.29) is 5.91 Å². The number of aromatic nitrogens is 4. The van der Waals surface area contributed by atoms with Crippen molar-refractivity contribution in [2.45, 2.75) is 13.8 Å². The standard InChI is InChI=1S/C15H14N6OS/c1-9-4-3-7-16-13(9)19-15-20-14(21-23-15)12-6-5-11(8-17-12)18-10(2)22/h3-8H,1-2H3,(H,18,22)(H,16,19,20,21). The van der Waals surface area contributed by atoms with Crippen LogP contribution in [0.15, 0.2) is 36.7 Å². The summed E-state index contributed by atoms with van der Waals surface area (Å²) in [4.78, 5) is 23.9. The number of nitrogens with one attached hydrogen (secondary N) is 2. The van der Waals surface area contributed by atoms with Gasteiger partial charge in [0.15, 0.2) is 5.82 Å². The lowest BCUT2D eigenvalue weighted by atomic mass is 10.3. The molecule has 3 rings (SSSR count). The molecule has 0 saturated heterocycles. The summed E-state index contributed by atoms with van der Waals surface area (Å²) in [7, 11) is 0. The maximum absolute atomic E-state index is 11.0. The third-order valence-electron chi connectivity index (χ3n) is 2.97. The first-order valence-corrected chi connectivity index (χ1v) is 7.65. The van der Waals surface area contributed by atoms with Crippen molar-refractivity contribution < 1.29 is 4.79 Å². The van der Waals surface area contributed by atoms with Crippen molar-refractivity contribution >= 4 is 34.1 Å². The Morgan fingerprint density at radius 2 is 2.09 bits per heavy atom. The number of pyridine rings is 2. The molecule has 1 amide bonds. The molecule has 8 heteroatoms. The van der Waals surface area contributed by atoms with Gasteiger partial charge in [-0.2, -0.15) is 9.36 Å². The number of anilines is 3. The van der Waals surface area contributed by atoms with Gasteiger partial charge in [-0.1, -0.05) is 6.07 Å². The second-order valence-electron chi connectivity index (χ2n) is 4.83. The molecule has 0 atom stereocenters. The minimum Gasteiger partial charge on any atom is -0.325 e. The fourth-order valence-corrected chi connectivity index (χ4v) is 2.48. The normalized spacial score (nSPS) is 10.3. The molecule has 0 bridgehead atoms. The molecule has 0 radical (unpaired) electrons. The molecular formula is C15H14N6OS. The van der Waals surface area contributed by atoms with E-state index >= 15 is 0 Å². The average Bonchev–Trinajstić information content (AvgIpc) is 2.98. The van der Waals surface area contributed by atoms with E-state index in [0.717, 1.165) is 11.4 Å². The first-order chi connectivity index (χ1) is 11.1. The van der Waals surface area contributed by atoms with Gasteiger partial charge >= 0.3 is 0 Å². The van der Waals surface area contributed by atoms with Crippen molar-refractivity contribution in [3.05, 3.63) is 42.2 Å². The lowest BCUT2D eigenvalue weighted by molar-refractivity contribution is -0.114. The molecule has 23 heavy (non-hydrogen) atoms. The van der Waals surface area contributed by atoms with Gasteiger partial charge in [-0.15, -0.1) is 0 Å². The van der Waals surface area contributed by atoms with E-state index in [0.29, 0.717) is 22.3 Å². The molecule has 3 aromatic heterocycles. The number of nitrogens with zero attached hydrogens (tertiary/aromatic N) is 4. The summed E-state index contributed by atoms with van der Waals surface area (Å²) in [5, 5.41) is 6.46. The van der Waals surface area contributed by atoms with Crippen LogP contribution >= 0.6 is 11.5 Å². The zero-order chi connectivity index (χ0) is 16.2. The van der Waals surface area contributed by atoms with E-state index in [1.54, 1.807) is 24.5 Å². The van der Waals surface area contributed by atoms with Crippen molar-refractivity contribution in [2.75, 3.05) is 10.6 Å². The minimum absolute atomic E-state index is 0.136. The van der Waals surface area contributed by atoms with Crippen LogP contribution in [0.3, 0.4) is 0 Å². The first-order valence-electron chi connectivity index (χ1n) is 6.88. The summed E-state index contributed by atoms with van der Waals surface area (Å²) in [6.45, 7) is 3.42. The van der Waals surface area contributed by atoms with Gasteiger partial charge in [0.25, 0.3) is 0 Å². The maximum atomic E-state index is 11.0. The van der Waals surface area contributed by atoms with E-state index in [2.05, 4.69) is 30.0 Å². The van der Waals surface area contributed by atoms with E-state index in [4.69, 9.17) is 0 Å². The van der Waals surface area contributed by atoms with Crippen LogP contribution < -0.4 is 10.6 Å². The highest BCUT2D eigenvalue weighted by molar-refractivity contribution is 7.09. The van der Waals surface area contributed by atoms with Gasteiger partial charge < -0.3 is 10.6 Å². The Kier molecular flexibility index (Phi) is 4.24. The summed E-state index contributed by atoms with van der Waals surface area (Å²) < 4.78 is 4.29. The largest absolute Gasteiger partial charge is 0.325 e. The van der Waals surface area contributed by atoms with Crippen LogP contribution in [0.5, 0.6) is 0 Å². The third-order valence-corrected chi connectivity index (χ3v) is 3.60. The van der Waals surface area contributed by atoms with Crippen molar-refractivity contribution in [3.63, 3.8) is 0 Å². The molecule has 2 N–H and O–H groups in total. The summed E-state index contributed by atoms with van der Waals surface area (Å²) in [6, 6.07) is 7.38. The topological polar surface area (TPSA) is 92.7 Å². The maximum Gasteiger partial charge on any atom is 0.221 e. The molecule has 3 aromatic rings. The molecule has 0 spiro atoms. The molecule has 7 nitrogen and oxygen atoms in total. The van der Waals surface area contributed by atoms with Crippen molar-refractivity contribution in [1.82, 2.24) is 19.3 Å². The monoisotopic (exact) mass is 326 g/mol. The Balaban J connectivity index is 1.76. The zero-order valence-electron chi connectivity index (χ0n) is 12.6. The van der Waals surface area contributed by atoms with Crippen LogP contribution in [0.25, 0.3) is 11.5 Å². The van der Waals surface area contributed by atoms with Gasteiger partial charge in [0.2, 0.25) is 11.0 Å². The van der Waals surface area contributed by atoms with Crippen LogP contribution in [0.2, 0.25) is 0 Å². The van der Waals surface area contributed by atoms with Crippen LogP contribution in [0.1, 0.15) is 12.5 Å². The summed E-state index contributed by atoms with van der Waals surface area (Å²) in [5.74, 6) is 1.15. The van der Waals surface area contributed by atoms with Crippen molar-refractivity contribution in [3.8, 4) is 11.5 Å². The van der Waals surface area contributed by atoms with Gasteiger partial charge in [-0.05, 0) is 30.7 Å². The van der Waals surface area contributed by atoms with Crippen LogP contribution in [-0.4, -0.2) is 25.2 Å². The highest BCUT2D eigenvalue weighted by Gasteiger charge is 2.09. The van der Waals surface area contributed by atoms with Gasteiger partial charge in [-0.25, -0.2) is 4.98 Å². The zero-order valence-corrected chi connectivity index (χ0v) is 13.4. The van der Waals surface area contributed by atoms with Crippen LogP contribution in [0, 0.1) is 6.92 Å². The summed E-state index contributed by atoms with van der Waals surface area (Å²) >= 11 is 1.24. The molecular weight excluding hydrogens is 312 g/mol. The van der Waals surface area contributed by atoms with Crippen LogP contribution in [0.4, 0.5) is 16.6 Å². The number of hydrogen-bond acceptors (Lipinski definition) is 7. The van der Waals surface area contributed by atoms with Gasteiger partial charge in [0.05, 0.1) is 11.9 Å². The predicted molar refractivity (Wildman–Crippen MR) is 89.7 cm³/mol. The minimum atomic E-state index is -0.136. The number of aryl methyl sites for hydroxylation is 1. The Morgan fingerprint density at radius 1 is 1.22 bits per heavy atom. The Morgan fingerprint density at radius 3 is 2.78 bits per heavy atom. The van der Waals surface area contributed by atoms with E-state index in [1.807, 2.05) is 19.1 Å². The number of rotatable bonds is 4. The molecule has 0 fully saturated rings. The predicted octanol–water partition coefficient (Wildman–Crippen LogP) is 3.01. The van der Waals surface area contributed by atoms with E-state index in [1.165, 1.54) is 18.5 Å². The number of hydrogen-bond donors (Lipinski definition) is 2. The molecule has 0 unspecified atom stereocenters. The second-order valence-corrected chi connectivity index (χ2v) is 5.58.